The zero-order chi connectivity index (χ0) is 11.2. The van der Waals surface area contributed by atoms with Crippen LogP contribution in [0, 0.1) is 6.92 Å². The summed E-state index contributed by atoms with van der Waals surface area (Å²) in [5.41, 5.74) is 3.01. The molecular formula is C11H11BrClNO. The Morgan fingerprint density at radius 1 is 1.60 bits per heavy atom. The molecule has 0 spiro atoms. The summed E-state index contributed by atoms with van der Waals surface area (Å²) >= 11 is 9.60. The molecule has 0 bridgehead atoms. The van der Waals surface area contributed by atoms with E-state index in [2.05, 4.69) is 15.9 Å². The van der Waals surface area contributed by atoms with Gasteiger partial charge in [-0.3, -0.25) is 4.79 Å². The number of halogens is 2. The maximum absolute atomic E-state index is 11.7. The van der Waals surface area contributed by atoms with Crippen LogP contribution in [0.15, 0.2) is 10.5 Å². The number of hydrogen-bond donors (Lipinski definition) is 0. The zero-order valence-corrected chi connectivity index (χ0v) is 10.9. The van der Waals surface area contributed by atoms with E-state index in [9.17, 15) is 4.79 Å². The minimum atomic E-state index is 0.148. The highest BCUT2D eigenvalue weighted by Crippen LogP contribution is 2.39. The Morgan fingerprint density at radius 3 is 2.87 bits per heavy atom. The number of likely N-dealkylation sites (N-methyl/N-ethyl adjacent to an activating group) is 1. The van der Waals surface area contributed by atoms with Gasteiger partial charge in [0.05, 0.1) is 6.42 Å². The fourth-order valence-electron chi connectivity index (χ4n) is 1.90. The van der Waals surface area contributed by atoms with Gasteiger partial charge in [0.15, 0.2) is 0 Å². The van der Waals surface area contributed by atoms with Crippen LogP contribution in [0.1, 0.15) is 18.1 Å². The first-order chi connectivity index (χ1) is 7.06. The van der Waals surface area contributed by atoms with Crippen LogP contribution in [-0.4, -0.2) is 12.5 Å². The number of rotatable bonds is 1. The lowest BCUT2D eigenvalue weighted by molar-refractivity contribution is -0.117. The fraction of sp³-hybridized carbons (Fsp3) is 0.364. The normalized spacial score (nSPS) is 14.7. The van der Waals surface area contributed by atoms with E-state index < -0.39 is 0 Å². The van der Waals surface area contributed by atoms with Crippen LogP contribution in [0.3, 0.4) is 0 Å². The highest BCUT2D eigenvalue weighted by Gasteiger charge is 2.29. The minimum absolute atomic E-state index is 0.148. The van der Waals surface area contributed by atoms with Gasteiger partial charge >= 0.3 is 0 Å². The molecule has 4 heteroatoms. The minimum Gasteiger partial charge on any atom is -0.312 e. The van der Waals surface area contributed by atoms with Crippen molar-refractivity contribution < 1.29 is 4.79 Å². The van der Waals surface area contributed by atoms with Crippen molar-refractivity contribution in [3.05, 3.63) is 26.7 Å². The summed E-state index contributed by atoms with van der Waals surface area (Å²) in [6.07, 6.45) is 0.474. The monoisotopic (exact) mass is 287 g/mol. The van der Waals surface area contributed by atoms with Crippen molar-refractivity contribution in [2.45, 2.75) is 20.3 Å². The van der Waals surface area contributed by atoms with Crippen molar-refractivity contribution in [1.29, 1.82) is 0 Å². The van der Waals surface area contributed by atoms with Crippen molar-refractivity contribution in [3.63, 3.8) is 0 Å². The Labute approximate surface area is 102 Å². The second-order valence-electron chi connectivity index (χ2n) is 3.61. The maximum atomic E-state index is 11.7. The molecule has 2 nitrogen and oxygen atoms in total. The van der Waals surface area contributed by atoms with Gasteiger partial charge in [0.2, 0.25) is 5.91 Å². The van der Waals surface area contributed by atoms with Gasteiger partial charge in [0.25, 0.3) is 0 Å². The highest BCUT2D eigenvalue weighted by molar-refractivity contribution is 9.10. The Hall–Kier alpha value is -0.540. The standard InChI is InChI=1S/C11H11BrClNO/c1-3-14-9-5-8(13)6(2)11(12)7(9)4-10(14)15/h5H,3-4H2,1-2H3. The van der Waals surface area contributed by atoms with Gasteiger partial charge in [-0.25, -0.2) is 0 Å². The molecule has 1 heterocycles. The molecule has 0 N–H and O–H groups in total. The topological polar surface area (TPSA) is 20.3 Å². The number of anilines is 1. The van der Waals surface area contributed by atoms with E-state index in [0.717, 1.165) is 21.3 Å². The first kappa shape index (κ1) is 11.0. The van der Waals surface area contributed by atoms with E-state index in [-0.39, 0.29) is 5.91 Å². The number of nitrogens with zero attached hydrogens (tertiary/aromatic N) is 1. The maximum Gasteiger partial charge on any atom is 0.231 e. The molecule has 1 aromatic rings. The molecule has 0 radical (unpaired) electrons. The quantitative estimate of drug-likeness (QED) is 0.776. The third-order valence-corrected chi connectivity index (χ3v) is 4.23. The number of carbonyl (C=O) groups excluding carboxylic acids is 1. The van der Waals surface area contributed by atoms with Crippen LogP contribution in [0.2, 0.25) is 5.02 Å². The van der Waals surface area contributed by atoms with Gasteiger partial charge in [-0.05, 0) is 31.0 Å². The highest BCUT2D eigenvalue weighted by atomic mass is 79.9. The van der Waals surface area contributed by atoms with E-state index >= 15 is 0 Å². The SMILES string of the molecule is CCN1C(=O)Cc2c1cc(Cl)c(C)c2Br. The van der Waals surface area contributed by atoms with Crippen LogP contribution >= 0.6 is 27.5 Å². The van der Waals surface area contributed by atoms with Crippen LogP contribution in [0.25, 0.3) is 0 Å². The lowest BCUT2D eigenvalue weighted by Crippen LogP contribution is -2.25. The summed E-state index contributed by atoms with van der Waals surface area (Å²) in [6.45, 7) is 4.61. The van der Waals surface area contributed by atoms with Gasteiger partial charge in [0, 0.05) is 21.7 Å². The van der Waals surface area contributed by atoms with Crippen molar-refractivity contribution in [3.8, 4) is 0 Å². The lowest BCUT2D eigenvalue weighted by Gasteiger charge is -2.16. The third-order valence-electron chi connectivity index (χ3n) is 2.76. The van der Waals surface area contributed by atoms with Crippen LogP contribution in [0.5, 0.6) is 0 Å². The van der Waals surface area contributed by atoms with Crippen LogP contribution in [-0.2, 0) is 11.2 Å². The largest absolute Gasteiger partial charge is 0.312 e. The summed E-state index contributed by atoms with van der Waals surface area (Å²) in [7, 11) is 0. The summed E-state index contributed by atoms with van der Waals surface area (Å²) < 4.78 is 0.967. The number of hydrogen-bond acceptors (Lipinski definition) is 1. The molecular weight excluding hydrogens is 277 g/mol. The second-order valence-corrected chi connectivity index (χ2v) is 4.81. The first-order valence-electron chi connectivity index (χ1n) is 4.84. The number of fused-ring (bicyclic) bond motifs is 1. The average Bonchev–Trinajstić information content (AvgIpc) is 2.51. The summed E-state index contributed by atoms with van der Waals surface area (Å²) in [5, 5.41) is 0.703. The van der Waals surface area contributed by atoms with Crippen molar-refractivity contribution in [2.75, 3.05) is 11.4 Å². The molecule has 0 fully saturated rings. The Kier molecular flexibility index (Phi) is 2.77. The van der Waals surface area contributed by atoms with Crippen LogP contribution in [0.4, 0.5) is 5.69 Å². The van der Waals surface area contributed by atoms with Crippen LogP contribution < -0.4 is 4.90 Å². The molecule has 0 aromatic heterocycles. The van der Waals surface area contributed by atoms with Gasteiger partial charge in [-0.2, -0.15) is 0 Å². The zero-order valence-electron chi connectivity index (χ0n) is 8.60. The summed E-state index contributed by atoms with van der Waals surface area (Å²) in [5.74, 6) is 0.148. The van der Waals surface area contributed by atoms with Crippen molar-refractivity contribution >= 4 is 39.1 Å². The van der Waals surface area contributed by atoms with Gasteiger partial charge in [-0.15, -0.1) is 0 Å². The molecule has 1 amide bonds. The molecule has 0 atom stereocenters. The first-order valence-corrected chi connectivity index (χ1v) is 6.01. The predicted molar refractivity (Wildman–Crippen MR) is 65.6 cm³/mol. The average molecular weight is 289 g/mol. The fourth-order valence-corrected chi connectivity index (χ4v) is 2.76. The third kappa shape index (κ3) is 1.58. The molecule has 1 aliphatic heterocycles. The van der Waals surface area contributed by atoms with E-state index in [1.807, 2.05) is 19.9 Å². The molecule has 1 aromatic carbocycles. The molecule has 0 saturated heterocycles. The smallest absolute Gasteiger partial charge is 0.231 e. The summed E-state index contributed by atoms with van der Waals surface area (Å²) in [4.78, 5) is 13.5. The molecule has 0 aliphatic carbocycles. The molecule has 0 unspecified atom stereocenters. The predicted octanol–water partition coefficient (Wildman–Crippen LogP) is 3.32. The van der Waals surface area contributed by atoms with Gasteiger partial charge < -0.3 is 4.90 Å². The molecule has 15 heavy (non-hydrogen) atoms. The number of benzene rings is 1. The summed E-state index contributed by atoms with van der Waals surface area (Å²) in [6, 6.07) is 1.88. The molecule has 0 saturated carbocycles. The van der Waals surface area contributed by atoms with Crippen molar-refractivity contribution in [2.24, 2.45) is 0 Å². The van der Waals surface area contributed by atoms with E-state index in [0.29, 0.717) is 18.0 Å². The number of amides is 1. The Balaban J connectivity index is 2.64. The lowest BCUT2D eigenvalue weighted by atomic mass is 10.1. The van der Waals surface area contributed by atoms with E-state index in [4.69, 9.17) is 11.6 Å². The van der Waals surface area contributed by atoms with Crippen molar-refractivity contribution in [1.82, 2.24) is 0 Å². The Bertz CT molecular complexity index is 445. The Morgan fingerprint density at radius 2 is 2.27 bits per heavy atom. The molecule has 2 rings (SSSR count). The molecule has 80 valence electrons. The molecule has 1 aliphatic rings. The number of carbonyl (C=O) groups is 1. The van der Waals surface area contributed by atoms with E-state index in [1.165, 1.54) is 0 Å². The van der Waals surface area contributed by atoms with Gasteiger partial charge in [0.1, 0.15) is 0 Å². The van der Waals surface area contributed by atoms with Gasteiger partial charge in [-0.1, -0.05) is 27.5 Å². The van der Waals surface area contributed by atoms with E-state index in [1.54, 1.807) is 4.90 Å². The second kappa shape index (κ2) is 3.80.